The Morgan fingerprint density at radius 3 is 2.45 bits per heavy atom. The summed E-state index contributed by atoms with van der Waals surface area (Å²) in [5.41, 5.74) is 1.01. The molecule has 1 N–H and O–H groups in total. The van der Waals surface area contributed by atoms with E-state index in [0.717, 1.165) is 34.8 Å². The van der Waals surface area contributed by atoms with Gasteiger partial charge < -0.3 is 19.4 Å². The number of hydrazine groups is 1. The second kappa shape index (κ2) is 12.8. The summed E-state index contributed by atoms with van der Waals surface area (Å²) in [6, 6.07) is 6.84. The van der Waals surface area contributed by atoms with E-state index in [4.69, 9.17) is 9.47 Å². The minimum atomic E-state index is -1.16. The number of benzene rings is 1. The van der Waals surface area contributed by atoms with E-state index in [-0.39, 0.29) is 0 Å². The van der Waals surface area contributed by atoms with Gasteiger partial charge in [-0.05, 0) is 49.6 Å². The number of carbonyl (C=O) groups is 2. The maximum Gasteiger partial charge on any atom is 0.422 e. The Hall–Kier alpha value is -2.00. The number of hydrogen-bond acceptors (Lipinski definition) is 6. The summed E-state index contributed by atoms with van der Waals surface area (Å²) in [5, 5.41) is 16.1. The molecule has 0 aliphatic rings. The predicted molar refractivity (Wildman–Crippen MR) is 123 cm³/mol. The smallest absolute Gasteiger partial charge is 0.422 e. The van der Waals surface area contributed by atoms with Crippen molar-refractivity contribution in [2.45, 2.75) is 71.9 Å². The van der Waals surface area contributed by atoms with E-state index in [2.05, 4.69) is 0 Å². The van der Waals surface area contributed by atoms with Gasteiger partial charge in [-0.3, -0.25) is 0 Å². The van der Waals surface area contributed by atoms with Crippen LogP contribution < -0.4 is 0 Å². The molecule has 0 fully saturated rings. The lowest BCUT2D eigenvalue weighted by Gasteiger charge is -2.42. The first-order chi connectivity index (χ1) is 15.0. The minimum Gasteiger partial charge on any atom is -0.464 e. The second-order valence-electron chi connectivity index (χ2n) is 7.35. The van der Waals surface area contributed by atoms with E-state index >= 15 is 0 Å². The molecule has 1 aromatic heterocycles. The van der Waals surface area contributed by atoms with Crippen LogP contribution in [0.15, 0.2) is 29.6 Å². The molecule has 1 amide bonds. The van der Waals surface area contributed by atoms with Gasteiger partial charge in [0.2, 0.25) is 0 Å². The summed E-state index contributed by atoms with van der Waals surface area (Å²) < 4.78 is 12.7. The van der Waals surface area contributed by atoms with E-state index in [1.165, 1.54) is 5.01 Å². The molecule has 1 heterocycles. The van der Waals surface area contributed by atoms with Crippen LogP contribution in [-0.4, -0.2) is 59.1 Å². The Labute approximate surface area is 188 Å². The van der Waals surface area contributed by atoms with Crippen LogP contribution in [0.4, 0.5) is 4.79 Å². The van der Waals surface area contributed by atoms with Crippen molar-refractivity contribution >= 4 is 33.8 Å². The van der Waals surface area contributed by atoms with Crippen LogP contribution in [-0.2, 0) is 20.8 Å². The molecule has 2 atom stereocenters. The highest BCUT2D eigenvalue weighted by Gasteiger charge is 2.36. The van der Waals surface area contributed by atoms with Crippen molar-refractivity contribution in [3.8, 4) is 0 Å². The van der Waals surface area contributed by atoms with Gasteiger partial charge in [-0.2, -0.15) is 0 Å². The van der Waals surface area contributed by atoms with Gasteiger partial charge >= 0.3 is 6.09 Å². The highest BCUT2D eigenvalue weighted by Crippen LogP contribution is 2.29. The first kappa shape index (κ1) is 25.3. The number of amides is 1. The maximum absolute atomic E-state index is 12.4. The summed E-state index contributed by atoms with van der Waals surface area (Å²) in [7, 11) is 0. The fourth-order valence-corrected chi connectivity index (χ4v) is 4.60. The van der Waals surface area contributed by atoms with Crippen molar-refractivity contribution in [1.82, 2.24) is 10.0 Å². The van der Waals surface area contributed by atoms with E-state index < -0.39 is 24.5 Å². The summed E-state index contributed by atoms with van der Waals surface area (Å²) in [5.74, 6) is 0. The molecule has 0 aliphatic carbocycles. The van der Waals surface area contributed by atoms with Crippen molar-refractivity contribution in [3.63, 3.8) is 0 Å². The third kappa shape index (κ3) is 6.49. The molecule has 2 aromatic rings. The highest BCUT2D eigenvalue weighted by atomic mass is 32.1. The number of thiophene rings is 1. The Morgan fingerprint density at radius 2 is 1.87 bits per heavy atom. The van der Waals surface area contributed by atoms with Gasteiger partial charge in [-0.25, -0.2) is 14.8 Å². The van der Waals surface area contributed by atoms with Gasteiger partial charge in [0.25, 0.3) is 0 Å². The number of carbonyl (C=O) groups excluding carboxylic acids is 1. The molecule has 0 radical (unpaired) electrons. The topological polar surface area (TPSA) is 79.3 Å². The number of fused-ring (bicyclic) bond motifs is 1. The number of carboxylic acid groups (broad SMARTS) is 1. The van der Waals surface area contributed by atoms with Crippen molar-refractivity contribution in [1.29, 1.82) is 0 Å². The number of aldehydes is 1. The molecule has 0 bridgehead atoms. The largest absolute Gasteiger partial charge is 0.464 e. The predicted octanol–water partition coefficient (Wildman–Crippen LogP) is 5.14. The number of hydrogen-bond donors (Lipinski definition) is 1. The maximum atomic E-state index is 12.4. The van der Waals surface area contributed by atoms with Crippen LogP contribution in [0, 0.1) is 0 Å². The summed E-state index contributed by atoms with van der Waals surface area (Å²) in [4.78, 5) is 24.3. The van der Waals surface area contributed by atoms with Crippen LogP contribution in [0.3, 0.4) is 0 Å². The van der Waals surface area contributed by atoms with Crippen LogP contribution >= 0.6 is 11.3 Å². The third-order valence-electron chi connectivity index (χ3n) is 5.22. The molecule has 0 saturated heterocycles. The summed E-state index contributed by atoms with van der Waals surface area (Å²) >= 11 is 1.62. The second-order valence-corrected chi connectivity index (χ2v) is 8.26. The average molecular weight is 451 g/mol. The minimum absolute atomic E-state index is 0.324. The zero-order chi connectivity index (χ0) is 22.8. The van der Waals surface area contributed by atoms with Gasteiger partial charge in [-0.1, -0.05) is 38.0 Å². The van der Waals surface area contributed by atoms with Crippen LogP contribution in [0.25, 0.3) is 10.1 Å². The molecule has 7 nitrogen and oxygen atoms in total. The van der Waals surface area contributed by atoms with Crippen LogP contribution in [0.1, 0.15) is 52.5 Å². The molecule has 8 heteroatoms. The highest BCUT2D eigenvalue weighted by molar-refractivity contribution is 7.17. The molecule has 1 aromatic carbocycles. The molecule has 0 spiro atoms. The quantitative estimate of drug-likeness (QED) is 0.244. The first-order valence-corrected chi connectivity index (χ1v) is 11.8. The van der Waals surface area contributed by atoms with Crippen molar-refractivity contribution in [2.24, 2.45) is 0 Å². The summed E-state index contributed by atoms with van der Waals surface area (Å²) in [6.07, 6.45) is 1.05. The van der Waals surface area contributed by atoms with Gasteiger partial charge in [-0.15, -0.1) is 11.3 Å². The van der Waals surface area contributed by atoms with Crippen molar-refractivity contribution in [2.75, 3.05) is 13.2 Å². The molecule has 0 saturated carbocycles. The Morgan fingerprint density at radius 1 is 1.19 bits per heavy atom. The van der Waals surface area contributed by atoms with Gasteiger partial charge in [0.05, 0.1) is 6.04 Å². The molecule has 172 valence electrons. The van der Waals surface area contributed by atoms with Crippen LogP contribution in [0.2, 0.25) is 0 Å². The Balaban J connectivity index is 2.47. The van der Waals surface area contributed by atoms with E-state index in [1.54, 1.807) is 16.3 Å². The monoisotopic (exact) mass is 450 g/mol. The number of unbranched alkanes of at least 4 members (excludes halogenated alkanes) is 1. The molecule has 31 heavy (non-hydrogen) atoms. The van der Waals surface area contributed by atoms with E-state index in [0.29, 0.717) is 26.2 Å². The van der Waals surface area contributed by atoms with E-state index in [1.807, 2.05) is 57.3 Å². The zero-order valence-corrected chi connectivity index (χ0v) is 19.6. The van der Waals surface area contributed by atoms with Crippen molar-refractivity contribution in [3.05, 3.63) is 35.2 Å². The lowest BCUT2D eigenvalue weighted by atomic mass is 10.1. The Bertz CT molecular complexity index is 821. The number of nitrogens with zero attached hydrogens (tertiary/aromatic N) is 2. The molecular weight excluding hydrogens is 416 g/mol. The molecule has 0 aliphatic heterocycles. The zero-order valence-electron chi connectivity index (χ0n) is 18.8. The number of rotatable bonds is 14. The van der Waals surface area contributed by atoms with Gasteiger partial charge in [0, 0.05) is 24.5 Å². The fraction of sp³-hybridized carbons (Fsp3) is 0.565. The lowest BCUT2D eigenvalue weighted by Crippen LogP contribution is -2.58. The van der Waals surface area contributed by atoms with Crippen LogP contribution in [0.5, 0.6) is 0 Å². The molecule has 1 unspecified atom stereocenters. The lowest BCUT2D eigenvalue weighted by molar-refractivity contribution is -0.204. The standard InChI is InChI=1S/C23H34N2O5S/c1-5-8-11-19(15-26)25(23(27)28)24(17(4)22(29-6-2)30-7-3)14-18-16-31-21-13-10-9-12-20(18)21/h9-10,12-13,15-17,19,22H,5-8,11,14H2,1-4H3,(H,27,28)/t17-,19?/m0/s1. The van der Waals surface area contributed by atoms with E-state index in [9.17, 15) is 14.7 Å². The first-order valence-electron chi connectivity index (χ1n) is 10.9. The summed E-state index contributed by atoms with van der Waals surface area (Å²) in [6.45, 7) is 8.84. The van der Waals surface area contributed by atoms with Gasteiger partial charge in [0.1, 0.15) is 12.3 Å². The average Bonchev–Trinajstić information content (AvgIpc) is 3.17. The molecular formula is C23H34N2O5S. The Kier molecular flexibility index (Phi) is 10.4. The fourth-order valence-electron chi connectivity index (χ4n) is 3.65. The normalized spacial score (nSPS) is 13.6. The third-order valence-corrected chi connectivity index (χ3v) is 6.23. The molecule has 2 rings (SSSR count). The SMILES string of the molecule is CCCCC(C=O)N(C(=O)O)N(Cc1csc2ccccc12)[C@@H](C)C(OCC)OCC. The van der Waals surface area contributed by atoms with Crippen molar-refractivity contribution < 1.29 is 24.2 Å². The van der Waals surface area contributed by atoms with Gasteiger partial charge in [0.15, 0.2) is 6.29 Å². The number of ether oxygens (including phenoxy) is 2.